The fourth-order valence-electron chi connectivity index (χ4n) is 2.67. The summed E-state index contributed by atoms with van der Waals surface area (Å²) in [6, 6.07) is 18.8. The molecule has 0 radical (unpaired) electrons. The summed E-state index contributed by atoms with van der Waals surface area (Å²) in [5.41, 5.74) is 2.55. The lowest BCUT2D eigenvalue weighted by molar-refractivity contribution is 0.303. The second kappa shape index (κ2) is 6.58. The van der Waals surface area contributed by atoms with E-state index in [1.165, 1.54) is 37.1 Å². The minimum Gasteiger partial charge on any atom is -0.489 e. The van der Waals surface area contributed by atoms with Crippen molar-refractivity contribution in [3.8, 4) is 5.75 Å². The summed E-state index contributed by atoms with van der Waals surface area (Å²) in [4.78, 5) is 2.51. The summed E-state index contributed by atoms with van der Waals surface area (Å²) in [6.45, 7) is 4.14. The Morgan fingerprint density at radius 2 is 1.60 bits per heavy atom. The Morgan fingerprint density at radius 1 is 0.850 bits per heavy atom. The van der Waals surface area contributed by atoms with E-state index in [1.807, 2.05) is 24.3 Å². The molecule has 0 spiro atoms. The molecule has 2 aromatic rings. The molecule has 0 aromatic heterocycles. The molecule has 20 heavy (non-hydrogen) atoms. The second-order valence-electron chi connectivity index (χ2n) is 5.40. The fourth-order valence-corrected chi connectivity index (χ4v) is 2.67. The molecule has 0 bridgehead atoms. The van der Waals surface area contributed by atoms with E-state index in [1.54, 1.807) is 0 Å². The molecular weight excluding hydrogens is 246 g/mol. The van der Waals surface area contributed by atoms with E-state index in [4.69, 9.17) is 4.74 Å². The number of hydrogen-bond acceptors (Lipinski definition) is 2. The lowest BCUT2D eigenvalue weighted by Crippen LogP contribution is -2.18. The molecule has 2 heteroatoms. The Labute approximate surface area is 121 Å². The first-order valence-corrected chi connectivity index (χ1v) is 7.38. The highest BCUT2D eigenvalue weighted by molar-refractivity contribution is 5.29. The van der Waals surface area contributed by atoms with E-state index in [0.29, 0.717) is 6.61 Å². The zero-order chi connectivity index (χ0) is 13.6. The number of ether oxygens (including phenoxy) is 1. The van der Waals surface area contributed by atoms with Crippen LogP contribution in [0.2, 0.25) is 0 Å². The van der Waals surface area contributed by atoms with Gasteiger partial charge in [-0.1, -0.05) is 42.5 Å². The van der Waals surface area contributed by atoms with Gasteiger partial charge < -0.3 is 4.74 Å². The molecule has 0 unspecified atom stereocenters. The van der Waals surface area contributed by atoms with Crippen molar-refractivity contribution < 1.29 is 4.74 Å². The number of nitrogens with zero attached hydrogens (tertiary/aromatic N) is 1. The summed E-state index contributed by atoms with van der Waals surface area (Å²) < 4.78 is 5.88. The van der Waals surface area contributed by atoms with Gasteiger partial charge >= 0.3 is 0 Å². The standard InChI is InChI=1S/C18H21NO/c1-2-7-16(8-3-1)15-20-18-10-6-9-17(13-18)14-19-11-4-5-12-19/h1-3,6-10,13H,4-5,11-12,14-15H2. The van der Waals surface area contributed by atoms with Crippen molar-refractivity contribution in [3.05, 3.63) is 65.7 Å². The largest absolute Gasteiger partial charge is 0.489 e. The van der Waals surface area contributed by atoms with Crippen LogP contribution in [0.4, 0.5) is 0 Å². The molecule has 104 valence electrons. The highest BCUT2D eigenvalue weighted by Crippen LogP contribution is 2.18. The summed E-state index contributed by atoms with van der Waals surface area (Å²) >= 11 is 0. The molecule has 0 N–H and O–H groups in total. The molecular formula is C18H21NO. The zero-order valence-electron chi connectivity index (χ0n) is 11.8. The predicted octanol–water partition coefficient (Wildman–Crippen LogP) is 3.86. The zero-order valence-corrected chi connectivity index (χ0v) is 11.8. The van der Waals surface area contributed by atoms with Crippen molar-refractivity contribution in [1.29, 1.82) is 0 Å². The maximum absolute atomic E-state index is 5.88. The maximum atomic E-state index is 5.88. The van der Waals surface area contributed by atoms with Gasteiger partial charge in [0, 0.05) is 6.54 Å². The summed E-state index contributed by atoms with van der Waals surface area (Å²) in [5.74, 6) is 0.963. The lowest BCUT2D eigenvalue weighted by atomic mass is 10.2. The molecule has 1 aliphatic rings. The average molecular weight is 267 g/mol. The van der Waals surface area contributed by atoms with Crippen LogP contribution in [-0.4, -0.2) is 18.0 Å². The smallest absolute Gasteiger partial charge is 0.120 e. The molecule has 0 amide bonds. The molecule has 1 heterocycles. The molecule has 2 nitrogen and oxygen atoms in total. The second-order valence-corrected chi connectivity index (χ2v) is 5.40. The van der Waals surface area contributed by atoms with Crippen molar-refractivity contribution >= 4 is 0 Å². The molecule has 0 atom stereocenters. The van der Waals surface area contributed by atoms with Gasteiger partial charge in [0.2, 0.25) is 0 Å². The summed E-state index contributed by atoms with van der Waals surface area (Å²) in [7, 11) is 0. The Hall–Kier alpha value is -1.80. The molecule has 3 rings (SSSR count). The van der Waals surface area contributed by atoms with E-state index < -0.39 is 0 Å². The average Bonchev–Trinajstić information content (AvgIpc) is 3.00. The van der Waals surface area contributed by atoms with Crippen LogP contribution in [0, 0.1) is 0 Å². The molecule has 1 saturated heterocycles. The van der Waals surface area contributed by atoms with Crippen molar-refractivity contribution in [2.45, 2.75) is 26.0 Å². The van der Waals surface area contributed by atoms with Crippen LogP contribution in [0.1, 0.15) is 24.0 Å². The minimum absolute atomic E-state index is 0.633. The highest BCUT2D eigenvalue weighted by atomic mass is 16.5. The monoisotopic (exact) mass is 267 g/mol. The van der Waals surface area contributed by atoms with Gasteiger partial charge in [-0.25, -0.2) is 0 Å². The molecule has 2 aromatic carbocycles. The third-order valence-corrected chi connectivity index (χ3v) is 3.75. The van der Waals surface area contributed by atoms with Crippen molar-refractivity contribution in [2.75, 3.05) is 13.1 Å². The fraction of sp³-hybridized carbons (Fsp3) is 0.333. The SMILES string of the molecule is c1ccc(COc2cccc(CN3CCCC3)c2)cc1. The van der Waals surface area contributed by atoms with Crippen molar-refractivity contribution in [3.63, 3.8) is 0 Å². The van der Waals surface area contributed by atoms with Crippen LogP contribution in [0.3, 0.4) is 0 Å². The first-order valence-electron chi connectivity index (χ1n) is 7.38. The third kappa shape index (κ3) is 3.61. The van der Waals surface area contributed by atoms with Gasteiger partial charge in [0.25, 0.3) is 0 Å². The minimum atomic E-state index is 0.633. The predicted molar refractivity (Wildman–Crippen MR) is 81.7 cm³/mol. The van der Waals surface area contributed by atoms with Gasteiger partial charge in [-0.3, -0.25) is 4.90 Å². The molecule has 1 fully saturated rings. The molecule has 0 saturated carbocycles. The van der Waals surface area contributed by atoms with Gasteiger partial charge in [0.1, 0.15) is 12.4 Å². The number of benzene rings is 2. The Kier molecular flexibility index (Phi) is 4.34. The van der Waals surface area contributed by atoms with Crippen molar-refractivity contribution in [2.24, 2.45) is 0 Å². The van der Waals surface area contributed by atoms with Gasteiger partial charge in [-0.2, -0.15) is 0 Å². The number of rotatable bonds is 5. The van der Waals surface area contributed by atoms with Crippen LogP contribution < -0.4 is 4.74 Å². The van der Waals surface area contributed by atoms with Gasteiger partial charge in [0.05, 0.1) is 0 Å². The number of likely N-dealkylation sites (tertiary alicyclic amines) is 1. The van der Waals surface area contributed by atoms with Gasteiger partial charge in [0.15, 0.2) is 0 Å². The van der Waals surface area contributed by atoms with Crippen LogP contribution >= 0.6 is 0 Å². The lowest BCUT2D eigenvalue weighted by Gasteiger charge is -2.15. The Balaban J connectivity index is 1.59. The Bertz CT molecular complexity index is 532. The van der Waals surface area contributed by atoms with Gasteiger partial charge in [-0.15, -0.1) is 0 Å². The van der Waals surface area contributed by atoms with E-state index in [9.17, 15) is 0 Å². The first-order chi connectivity index (χ1) is 9.90. The van der Waals surface area contributed by atoms with Crippen LogP contribution in [0.25, 0.3) is 0 Å². The van der Waals surface area contributed by atoms with E-state index in [0.717, 1.165) is 12.3 Å². The maximum Gasteiger partial charge on any atom is 0.120 e. The van der Waals surface area contributed by atoms with Crippen LogP contribution in [-0.2, 0) is 13.2 Å². The number of hydrogen-bond donors (Lipinski definition) is 0. The van der Waals surface area contributed by atoms with E-state index in [2.05, 4.69) is 35.2 Å². The topological polar surface area (TPSA) is 12.5 Å². The van der Waals surface area contributed by atoms with E-state index in [-0.39, 0.29) is 0 Å². The normalized spacial score (nSPS) is 15.4. The summed E-state index contributed by atoms with van der Waals surface area (Å²) in [6.07, 6.45) is 2.67. The van der Waals surface area contributed by atoms with Crippen LogP contribution in [0.5, 0.6) is 5.75 Å². The van der Waals surface area contributed by atoms with Gasteiger partial charge in [-0.05, 0) is 49.2 Å². The van der Waals surface area contributed by atoms with E-state index >= 15 is 0 Å². The molecule has 0 aliphatic carbocycles. The third-order valence-electron chi connectivity index (χ3n) is 3.75. The van der Waals surface area contributed by atoms with Crippen molar-refractivity contribution in [1.82, 2.24) is 4.90 Å². The quantitative estimate of drug-likeness (QED) is 0.815. The Morgan fingerprint density at radius 3 is 2.40 bits per heavy atom. The van der Waals surface area contributed by atoms with Crippen LogP contribution in [0.15, 0.2) is 54.6 Å². The first kappa shape index (κ1) is 13.2. The molecule has 1 aliphatic heterocycles. The highest BCUT2D eigenvalue weighted by Gasteiger charge is 2.11. The summed E-state index contributed by atoms with van der Waals surface area (Å²) in [5, 5.41) is 0.